The Morgan fingerprint density at radius 3 is 2.80 bits per heavy atom. The Bertz CT molecular complexity index is 461. The van der Waals surface area contributed by atoms with Gasteiger partial charge in [0.25, 0.3) is 0 Å². The van der Waals surface area contributed by atoms with Crippen molar-refractivity contribution in [3.05, 3.63) is 34.1 Å². The van der Waals surface area contributed by atoms with E-state index in [1.165, 1.54) is 6.07 Å². The summed E-state index contributed by atoms with van der Waals surface area (Å²) in [4.78, 5) is 14.4. The lowest BCUT2D eigenvalue weighted by Gasteiger charge is -2.10. The summed E-state index contributed by atoms with van der Waals surface area (Å²) in [5.74, 6) is -0.247. The highest BCUT2D eigenvalue weighted by Gasteiger charge is 2.25. The van der Waals surface area contributed by atoms with E-state index in [0.717, 1.165) is 0 Å². The Balaban J connectivity index is 2.35. The van der Waals surface area contributed by atoms with E-state index in [9.17, 15) is 9.18 Å². The molecule has 15 heavy (non-hydrogen) atoms. The topological polar surface area (TPSA) is 67.5 Å². The maximum absolute atomic E-state index is 13.2. The summed E-state index contributed by atoms with van der Waals surface area (Å²) in [5.41, 5.74) is 6.09. The van der Waals surface area contributed by atoms with Crippen molar-refractivity contribution in [2.75, 3.05) is 0 Å². The number of nitrogens with one attached hydrogen (secondary N) is 1. The van der Waals surface area contributed by atoms with Gasteiger partial charge in [0.2, 0.25) is 0 Å². The number of amides is 2. The molecule has 0 aromatic heterocycles. The number of aliphatic imine (C=N–C) groups is 1. The fourth-order valence-electron chi connectivity index (χ4n) is 1.36. The molecule has 1 unspecified atom stereocenters. The molecule has 2 rings (SSSR count). The molecule has 0 saturated heterocycles. The van der Waals surface area contributed by atoms with Crippen LogP contribution < -0.4 is 11.1 Å². The number of nitrogens with zero attached hydrogens (tertiary/aromatic N) is 1. The summed E-state index contributed by atoms with van der Waals surface area (Å²) in [6, 6.07) is 3.51. The molecule has 1 aromatic carbocycles. The van der Waals surface area contributed by atoms with Crippen molar-refractivity contribution in [2.24, 2.45) is 10.7 Å². The van der Waals surface area contributed by atoms with Crippen LogP contribution in [0.2, 0.25) is 0 Å². The number of nitrogens with two attached hydrogens (primary N) is 1. The number of carbonyl (C=O) groups excluding carboxylic acids is 1. The SMILES string of the molecule is NC1=NC(=O)NC1c1ccc(Br)c(F)c1. The van der Waals surface area contributed by atoms with Gasteiger partial charge in [-0.3, -0.25) is 0 Å². The standard InChI is InChI=1S/C9H7BrFN3O/c10-5-2-1-4(3-6(5)11)7-8(12)14-9(15)13-7/h1-3,7H,(H3,12,13,14,15). The average Bonchev–Trinajstić information content (AvgIpc) is 2.50. The van der Waals surface area contributed by atoms with Crippen LogP contribution in [0.4, 0.5) is 9.18 Å². The molecule has 0 fully saturated rings. The summed E-state index contributed by atoms with van der Waals surface area (Å²) < 4.78 is 13.6. The largest absolute Gasteiger partial charge is 0.385 e. The number of hydrogen-bond donors (Lipinski definition) is 2. The quantitative estimate of drug-likeness (QED) is 0.817. The molecule has 2 amide bonds. The van der Waals surface area contributed by atoms with E-state index in [1.54, 1.807) is 12.1 Å². The van der Waals surface area contributed by atoms with Crippen molar-refractivity contribution in [3.8, 4) is 0 Å². The first-order valence-corrected chi connectivity index (χ1v) is 4.97. The lowest BCUT2D eigenvalue weighted by molar-refractivity contribution is 0.250. The van der Waals surface area contributed by atoms with E-state index in [0.29, 0.717) is 10.0 Å². The van der Waals surface area contributed by atoms with Crippen molar-refractivity contribution in [1.82, 2.24) is 5.32 Å². The lowest BCUT2D eigenvalue weighted by Crippen LogP contribution is -2.27. The molecule has 3 N–H and O–H groups in total. The Morgan fingerprint density at radius 1 is 1.53 bits per heavy atom. The van der Waals surface area contributed by atoms with Crippen LogP contribution in [0.15, 0.2) is 27.7 Å². The van der Waals surface area contributed by atoms with Gasteiger partial charge in [0.1, 0.15) is 17.7 Å². The van der Waals surface area contributed by atoms with Crippen molar-refractivity contribution in [1.29, 1.82) is 0 Å². The van der Waals surface area contributed by atoms with Gasteiger partial charge in [-0.25, -0.2) is 9.18 Å². The molecule has 1 aromatic rings. The van der Waals surface area contributed by atoms with Gasteiger partial charge in [0.15, 0.2) is 0 Å². The molecule has 1 aliphatic heterocycles. The summed E-state index contributed by atoms with van der Waals surface area (Å²) in [5, 5.41) is 2.52. The van der Waals surface area contributed by atoms with Crippen molar-refractivity contribution < 1.29 is 9.18 Å². The average molecular weight is 272 g/mol. The second-order valence-corrected chi connectivity index (χ2v) is 3.95. The first-order valence-electron chi connectivity index (χ1n) is 4.17. The van der Waals surface area contributed by atoms with Crippen LogP contribution in [0.1, 0.15) is 11.6 Å². The van der Waals surface area contributed by atoms with Gasteiger partial charge in [-0.05, 0) is 33.6 Å². The third-order valence-corrected chi connectivity index (χ3v) is 2.71. The first kappa shape index (κ1) is 10.1. The number of rotatable bonds is 1. The fourth-order valence-corrected chi connectivity index (χ4v) is 1.60. The fraction of sp³-hybridized carbons (Fsp3) is 0.111. The molecule has 78 valence electrons. The molecule has 0 spiro atoms. The number of carbonyl (C=O) groups is 1. The van der Waals surface area contributed by atoms with E-state index in [2.05, 4.69) is 26.2 Å². The molecule has 1 aliphatic rings. The summed E-state index contributed by atoms with van der Waals surface area (Å²) in [6.07, 6.45) is 0. The third kappa shape index (κ3) is 1.85. The normalized spacial score (nSPS) is 20.0. The van der Waals surface area contributed by atoms with Gasteiger partial charge in [-0.2, -0.15) is 4.99 Å². The zero-order valence-electron chi connectivity index (χ0n) is 7.50. The Labute approximate surface area is 93.5 Å². The zero-order chi connectivity index (χ0) is 11.0. The zero-order valence-corrected chi connectivity index (χ0v) is 9.08. The minimum Gasteiger partial charge on any atom is -0.385 e. The van der Waals surface area contributed by atoms with Crippen molar-refractivity contribution in [2.45, 2.75) is 6.04 Å². The van der Waals surface area contributed by atoms with Gasteiger partial charge in [-0.1, -0.05) is 6.07 Å². The van der Waals surface area contributed by atoms with Crippen LogP contribution in [-0.2, 0) is 0 Å². The molecule has 0 radical (unpaired) electrons. The smallest absolute Gasteiger partial charge is 0.343 e. The molecule has 0 aliphatic carbocycles. The van der Waals surface area contributed by atoms with Crippen LogP contribution in [0, 0.1) is 5.82 Å². The number of halogens is 2. The molecule has 1 heterocycles. The Hall–Kier alpha value is -1.43. The summed E-state index contributed by atoms with van der Waals surface area (Å²) >= 11 is 3.04. The maximum Gasteiger partial charge on any atom is 0.343 e. The second-order valence-electron chi connectivity index (χ2n) is 3.09. The maximum atomic E-state index is 13.2. The van der Waals surface area contributed by atoms with E-state index < -0.39 is 17.9 Å². The Morgan fingerprint density at radius 2 is 2.27 bits per heavy atom. The van der Waals surface area contributed by atoms with Crippen LogP contribution in [0.3, 0.4) is 0 Å². The highest BCUT2D eigenvalue weighted by molar-refractivity contribution is 9.10. The number of amidine groups is 1. The third-order valence-electron chi connectivity index (χ3n) is 2.07. The van der Waals surface area contributed by atoms with E-state index >= 15 is 0 Å². The predicted molar refractivity (Wildman–Crippen MR) is 57.0 cm³/mol. The van der Waals surface area contributed by atoms with E-state index in [1.807, 2.05) is 0 Å². The van der Waals surface area contributed by atoms with Gasteiger partial charge in [-0.15, -0.1) is 0 Å². The predicted octanol–water partition coefficient (Wildman–Crippen LogP) is 1.71. The molecule has 6 heteroatoms. The van der Waals surface area contributed by atoms with Crippen LogP contribution in [0.25, 0.3) is 0 Å². The van der Waals surface area contributed by atoms with E-state index in [4.69, 9.17) is 5.73 Å². The van der Waals surface area contributed by atoms with Crippen LogP contribution >= 0.6 is 15.9 Å². The molecular formula is C9H7BrFN3O. The van der Waals surface area contributed by atoms with Gasteiger partial charge in [0, 0.05) is 0 Å². The molecule has 0 bridgehead atoms. The van der Waals surface area contributed by atoms with Gasteiger partial charge >= 0.3 is 6.03 Å². The first-order chi connectivity index (χ1) is 7.08. The highest BCUT2D eigenvalue weighted by Crippen LogP contribution is 2.22. The second kappa shape index (κ2) is 3.62. The summed E-state index contributed by atoms with van der Waals surface area (Å²) in [7, 11) is 0. The van der Waals surface area contributed by atoms with E-state index in [-0.39, 0.29) is 5.84 Å². The molecule has 0 saturated carbocycles. The van der Waals surface area contributed by atoms with Gasteiger partial charge < -0.3 is 11.1 Å². The van der Waals surface area contributed by atoms with Crippen molar-refractivity contribution in [3.63, 3.8) is 0 Å². The molecule has 4 nitrogen and oxygen atoms in total. The minimum atomic E-state index is -0.528. The minimum absolute atomic E-state index is 0.154. The number of benzene rings is 1. The molecular weight excluding hydrogens is 265 g/mol. The number of urea groups is 1. The lowest BCUT2D eigenvalue weighted by atomic mass is 10.1. The van der Waals surface area contributed by atoms with Crippen LogP contribution in [-0.4, -0.2) is 11.9 Å². The molecule has 1 atom stereocenters. The van der Waals surface area contributed by atoms with Crippen LogP contribution in [0.5, 0.6) is 0 Å². The Kier molecular flexibility index (Phi) is 2.44. The summed E-state index contributed by atoms with van der Waals surface area (Å²) in [6.45, 7) is 0. The van der Waals surface area contributed by atoms with Gasteiger partial charge in [0.05, 0.1) is 4.47 Å². The van der Waals surface area contributed by atoms with Crippen molar-refractivity contribution >= 4 is 27.8 Å². The highest BCUT2D eigenvalue weighted by atomic mass is 79.9. The monoisotopic (exact) mass is 271 g/mol. The number of hydrogen-bond acceptors (Lipinski definition) is 2.